The zero-order chi connectivity index (χ0) is 23.1. The predicted octanol–water partition coefficient (Wildman–Crippen LogP) is 4.27. The first-order valence-corrected chi connectivity index (χ1v) is 9.54. The maximum absolute atomic E-state index is 14.5. The molecule has 0 bridgehead atoms. The molecular weight excluding hydrogens is 419 g/mol. The van der Waals surface area contributed by atoms with Crippen LogP contribution in [0.15, 0.2) is 60.7 Å². The fraction of sp³-hybridized carbons (Fsp3) is 0.167. The second-order valence-corrected chi connectivity index (χ2v) is 6.69. The van der Waals surface area contributed by atoms with Gasteiger partial charge in [0.05, 0.1) is 19.8 Å². The lowest BCUT2D eigenvalue weighted by molar-refractivity contribution is -0.131. The monoisotopic (exact) mass is 440 g/mol. The summed E-state index contributed by atoms with van der Waals surface area (Å²) in [4.78, 5) is 22.9. The van der Waals surface area contributed by atoms with E-state index in [0.29, 0.717) is 11.5 Å². The number of carbonyl (C=O) groups excluding carboxylic acids is 1. The second kappa shape index (κ2) is 10.3. The summed E-state index contributed by atoms with van der Waals surface area (Å²) in [6.45, 7) is 0.170. The topological polar surface area (TPSA) is 91.3 Å². The lowest BCUT2D eigenvalue weighted by atomic mass is 10.1. The molecule has 32 heavy (non-hydrogen) atoms. The third-order valence-corrected chi connectivity index (χ3v) is 4.58. The van der Waals surface area contributed by atoms with Crippen molar-refractivity contribution in [1.82, 2.24) is 0 Å². The van der Waals surface area contributed by atoms with E-state index in [1.54, 1.807) is 62.8 Å². The van der Waals surface area contributed by atoms with Gasteiger partial charge in [0.15, 0.2) is 11.5 Å². The van der Waals surface area contributed by atoms with Gasteiger partial charge >= 0.3 is 5.97 Å². The normalized spacial score (nSPS) is 10.3. The molecule has 0 amide bonds. The van der Waals surface area contributed by atoms with E-state index in [1.807, 2.05) is 0 Å². The fourth-order valence-electron chi connectivity index (χ4n) is 2.82. The summed E-state index contributed by atoms with van der Waals surface area (Å²) in [5.41, 5.74) is 0.958. The number of ether oxygens (including phenoxy) is 4. The quantitative estimate of drug-likeness (QED) is 0.372. The molecule has 7 nitrogen and oxygen atoms in total. The molecule has 3 aromatic rings. The molecule has 0 saturated heterocycles. The van der Waals surface area contributed by atoms with Crippen molar-refractivity contribution < 1.29 is 38.0 Å². The first kappa shape index (κ1) is 22.6. The first-order chi connectivity index (χ1) is 15.4. The third-order valence-electron chi connectivity index (χ3n) is 4.58. The predicted molar refractivity (Wildman–Crippen MR) is 113 cm³/mol. The molecule has 0 aliphatic carbocycles. The van der Waals surface area contributed by atoms with Gasteiger partial charge in [-0.05, 0) is 41.5 Å². The maximum Gasteiger partial charge on any atom is 0.377 e. The van der Waals surface area contributed by atoms with Gasteiger partial charge in [0, 0.05) is 6.07 Å². The minimum Gasteiger partial charge on any atom is -0.497 e. The first-order valence-electron chi connectivity index (χ1n) is 9.54. The van der Waals surface area contributed by atoms with E-state index >= 15 is 0 Å². The molecule has 166 valence electrons. The van der Waals surface area contributed by atoms with Crippen molar-refractivity contribution in [3.05, 3.63) is 83.2 Å². The molecule has 0 unspecified atom stereocenters. The van der Waals surface area contributed by atoms with Gasteiger partial charge < -0.3 is 24.1 Å². The summed E-state index contributed by atoms with van der Waals surface area (Å²) in [5, 5.41) is 8.96. The highest BCUT2D eigenvalue weighted by molar-refractivity contribution is 6.40. The number of halogens is 1. The summed E-state index contributed by atoms with van der Waals surface area (Å²) < 4.78 is 36.2. The van der Waals surface area contributed by atoms with E-state index in [4.69, 9.17) is 24.1 Å². The molecule has 0 saturated carbocycles. The van der Waals surface area contributed by atoms with Gasteiger partial charge in [-0.15, -0.1) is 0 Å². The van der Waals surface area contributed by atoms with Crippen molar-refractivity contribution in [1.29, 1.82) is 0 Å². The summed E-state index contributed by atoms with van der Waals surface area (Å²) in [6, 6.07) is 16.2. The van der Waals surface area contributed by atoms with E-state index < -0.39 is 23.1 Å². The molecule has 0 fully saturated rings. The van der Waals surface area contributed by atoms with E-state index in [0.717, 1.165) is 23.3 Å². The van der Waals surface area contributed by atoms with Crippen LogP contribution in [0.3, 0.4) is 0 Å². The van der Waals surface area contributed by atoms with Gasteiger partial charge in [0.25, 0.3) is 5.78 Å². The van der Waals surface area contributed by atoms with Crippen LogP contribution in [-0.2, 0) is 18.0 Å². The van der Waals surface area contributed by atoms with Gasteiger partial charge in [-0.3, -0.25) is 4.79 Å². The number of ketones is 1. The van der Waals surface area contributed by atoms with Crippen molar-refractivity contribution in [2.75, 3.05) is 14.2 Å². The van der Waals surface area contributed by atoms with Crippen molar-refractivity contribution >= 4 is 11.8 Å². The molecule has 0 radical (unpaired) electrons. The smallest absolute Gasteiger partial charge is 0.377 e. The Morgan fingerprint density at radius 3 is 1.62 bits per heavy atom. The highest BCUT2D eigenvalue weighted by Crippen LogP contribution is 2.32. The highest BCUT2D eigenvalue weighted by atomic mass is 19.1. The molecule has 3 aromatic carbocycles. The van der Waals surface area contributed by atoms with Crippen molar-refractivity contribution in [3.8, 4) is 23.0 Å². The number of rotatable bonds is 10. The molecule has 0 atom stereocenters. The van der Waals surface area contributed by atoms with Crippen LogP contribution in [0.1, 0.15) is 21.5 Å². The summed E-state index contributed by atoms with van der Waals surface area (Å²) in [6.07, 6.45) is 0. The van der Waals surface area contributed by atoms with Crippen LogP contribution in [-0.4, -0.2) is 31.1 Å². The molecule has 0 aliphatic rings. The van der Waals surface area contributed by atoms with Crippen LogP contribution in [0.5, 0.6) is 23.0 Å². The number of carbonyl (C=O) groups is 2. The average Bonchev–Trinajstić information content (AvgIpc) is 2.82. The van der Waals surface area contributed by atoms with E-state index in [1.165, 1.54) is 0 Å². The van der Waals surface area contributed by atoms with Crippen molar-refractivity contribution in [2.24, 2.45) is 0 Å². The molecule has 3 rings (SSSR count). The molecule has 0 aromatic heterocycles. The summed E-state index contributed by atoms with van der Waals surface area (Å²) >= 11 is 0. The van der Waals surface area contributed by atoms with Gasteiger partial charge in [0.2, 0.25) is 0 Å². The fourth-order valence-corrected chi connectivity index (χ4v) is 2.82. The number of hydrogen-bond donors (Lipinski definition) is 1. The maximum atomic E-state index is 14.5. The van der Waals surface area contributed by atoms with Gasteiger partial charge in [-0.1, -0.05) is 24.3 Å². The number of aliphatic carboxylic acids is 1. The number of methoxy groups -OCH3 is 2. The van der Waals surface area contributed by atoms with E-state index in [-0.39, 0.29) is 24.7 Å². The van der Waals surface area contributed by atoms with Crippen molar-refractivity contribution in [2.45, 2.75) is 13.2 Å². The molecule has 0 aliphatic heterocycles. The lowest BCUT2D eigenvalue weighted by Gasteiger charge is -2.15. The number of Topliss-reactive ketones (excluding diaryl/α,β-unsaturated/α-hetero) is 1. The van der Waals surface area contributed by atoms with Crippen LogP contribution in [0, 0.1) is 5.82 Å². The third kappa shape index (κ3) is 5.54. The number of carboxylic acid groups (broad SMARTS) is 1. The van der Waals surface area contributed by atoms with Crippen LogP contribution < -0.4 is 18.9 Å². The Labute approximate surface area is 183 Å². The van der Waals surface area contributed by atoms with Crippen LogP contribution in [0.2, 0.25) is 0 Å². The molecule has 0 heterocycles. The van der Waals surface area contributed by atoms with Gasteiger partial charge in [-0.2, -0.15) is 0 Å². The van der Waals surface area contributed by atoms with Crippen LogP contribution >= 0.6 is 0 Å². The average molecular weight is 440 g/mol. The Kier molecular flexibility index (Phi) is 7.28. The van der Waals surface area contributed by atoms with Crippen LogP contribution in [0.25, 0.3) is 0 Å². The standard InChI is InChI=1S/C24H21FO7/c1-29-17-7-3-15(4-8-17)13-31-21-11-19(23(26)24(27)28)20(25)12-22(21)32-14-16-5-9-18(30-2)10-6-16/h3-12H,13-14H2,1-2H3,(H,27,28). The minimum absolute atomic E-state index is 0.0359. The Bertz CT molecular complexity index is 1090. The number of benzene rings is 3. The molecule has 8 heteroatoms. The zero-order valence-electron chi connectivity index (χ0n) is 17.5. The molecule has 0 spiro atoms. The van der Waals surface area contributed by atoms with E-state index in [2.05, 4.69) is 0 Å². The van der Waals surface area contributed by atoms with Crippen LogP contribution in [0.4, 0.5) is 4.39 Å². The highest BCUT2D eigenvalue weighted by Gasteiger charge is 2.23. The Morgan fingerprint density at radius 1 is 0.781 bits per heavy atom. The summed E-state index contributed by atoms with van der Waals surface area (Å²) in [7, 11) is 3.11. The van der Waals surface area contributed by atoms with Gasteiger partial charge in [0.1, 0.15) is 30.5 Å². The SMILES string of the molecule is COc1ccc(COc2cc(F)c(C(=O)C(=O)O)cc2OCc2ccc(OC)cc2)cc1. The Hall–Kier alpha value is -4.07. The van der Waals surface area contributed by atoms with Gasteiger partial charge in [-0.25, -0.2) is 9.18 Å². The second-order valence-electron chi connectivity index (χ2n) is 6.69. The Balaban J connectivity index is 1.84. The lowest BCUT2D eigenvalue weighted by Crippen LogP contribution is -2.15. The number of carboxylic acids is 1. The van der Waals surface area contributed by atoms with Crippen molar-refractivity contribution in [3.63, 3.8) is 0 Å². The number of hydrogen-bond acceptors (Lipinski definition) is 6. The minimum atomic E-state index is -1.77. The molecular formula is C24H21FO7. The molecule has 1 N–H and O–H groups in total. The summed E-state index contributed by atoms with van der Waals surface area (Å²) in [5.74, 6) is -2.73. The zero-order valence-corrected chi connectivity index (χ0v) is 17.5. The van der Waals surface area contributed by atoms with E-state index in [9.17, 15) is 14.0 Å². The Morgan fingerprint density at radius 2 is 1.22 bits per heavy atom. The largest absolute Gasteiger partial charge is 0.497 e.